The molecule has 9 aromatic rings. The maximum atomic E-state index is 10.5. The number of rotatable bonds is 8. The molecule has 0 saturated heterocycles. The monoisotopic (exact) mass is 1420 g/mol. The molecule has 0 spiro atoms. The normalized spacial score (nSPS) is 9.24. The average Bonchev–Trinajstić information content (AvgIpc) is 4.37. The molecule has 1 aliphatic heterocycles. The zero-order chi connectivity index (χ0) is 62.7. The Morgan fingerprint density at radius 1 is 0.524 bits per heavy atom. The topological polar surface area (TPSA) is 129 Å². The summed E-state index contributed by atoms with van der Waals surface area (Å²) in [4.78, 5) is 24.7. The molecule has 0 aliphatic carbocycles. The van der Waals surface area contributed by atoms with Gasteiger partial charge in [-0.25, -0.2) is 0 Å². The zero-order valence-electron chi connectivity index (χ0n) is 55.7. The van der Waals surface area contributed by atoms with Crippen LogP contribution in [0.3, 0.4) is 0 Å². The van der Waals surface area contributed by atoms with Gasteiger partial charge in [-0.15, -0.1) is 5.56 Å². The van der Waals surface area contributed by atoms with Gasteiger partial charge in [-0.2, -0.15) is 6.67 Å². The number of hydrogen-bond donors (Lipinski definition) is 5. The molecule has 0 fully saturated rings. The van der Waals surface area contributed by atoms with Crippen LogP contribution in [-0.4, -0.2) is 22.8 Å². The minimum Gasteiger partial charge on any atom is -0.545 e. The first-order chi connectivity index (χ1) is 40.3. The Morgan fingerprint density at radius 3 is 1.43 bits per heavy atom. The van der Waals surface area contributed by atoms with Crippen molar-refractivity contribution in [2.75, 3.05) is 31.9 Å². The van der Waals surface area contributed by atoms with E-state index in [2.05, 4.69) is 125 Å². The fourth-order valence-corrected chi connectivity index (χ4v) is 7.07. The van der Waals surface area contributed by atoms with E-state index in [1.54, 1.807) is 6.41 Å². The maximum Gasteiger partial charge on any atom is 0.0693 e. The fraction of sp³-hybridized carbons (Fsp3) is 0.235. The predicted molar refractivity (Wildman–Crippen MR) is 347 cm³/mol. The summed E-state index contributed by atoms with van der Waals surface area (Å²) >= 11 is 0. The maximum absolute atomic E-state index is 10.5. The van der Waals surface area contributed by atoms with Crippen LogP contribution >= 0.6 is 0 Å². The van der Waals surface area contributed by atoms with Crippen molar-refractivity contribution in [2.45, 2.75) is 113 Å². The summed E-state index contributed by atoms with van der Waals surface area (Å²) in [5.74, 6) is 0. The van der Waals surface area contributed by atoms with Gasteiger partial charge in [0.15, 0.2) is 0 Å². The summed E-state index contributed by atoms with van der Waals surface area (Å²) in [6, 6.07) is 64.6. The molecular formula is C68H92N8O2Y4-4. The molecule has 0 unspecified atom stereocenters. The van der Waals surface area contributed by atoms with Gasteiger partial charge in [-0.3, -0.25) is 6.79 Å². The Kier molecular flexibility index (Phi) is 54.7. The minimum absolute atomic E-state index is 0. The van der Waals surface area contributed by atoms with Crippen LogP contribution in [0, 0.1) is 40.7 Å². The standard InChI is InChI=1S/C14H13N2O.C14H13N2.C14H11N2.C13H14N2.4C2H6.CHO.4CH4.4Y/c1-11-6-5-9-13(14(11)15-10-17)16-12-7-3-2-4-8-12;2*1-11-6-5-9-13-14(11)15-10-16(13)12-7-3-2-4-8-12;1-10-6-5-9-12(13(10)14)15-11-7-3-2-4-8-11;5*1-2;;;;;;;;/h2-9,16H,1H3,(H,15,17);2-10,15H,1H3;2-9H,1H3;2-9,15H,14H2,1H3;4*1-2H3;1H;4*1H4;;;;/q3*-1;;;;;;-1;;;;;;;;/i;;;;;;;;;4*1T;;;;. The van der Waals surface area contributed by atoms with E-state index in [-0.39, 0.29) is 131 Å². The molecule has 6 N–H and O–H groups in total. The third-order valence-corrected chi connectivity index (χ3v) is 10.5. The van der Waals surface area contributed by atoms with Crippen LogP contribution in [0.1, 0.15) is 113 Å². The van der Waals surface area contributed by atoms with E-state index in [1.165, 1.54) is 57.8 Å². The number of imidazole rings is 1. The molecule has 8 aromatic carbocycles. The molecule has 0 bridgehead atoms. The van der Waals surface area contributed by atoms with Crippen LogP contribution in [0.25, 0.3) is 16.7 Å². The van der Waals surface area contributed by atoms with Crippen molar-refractivity contribution in [1.29, 1.82) is 0 Å². The van der Waals surface area contributed by atoms with Crippen molar-refractivity contribution >= 4 is 75.4 Å². The van der Waals surface area contributed by atoms with Crippen molar-refractivity contribution in [1.82, 2.24) is 9.55 Å². The van der Waals surface area contributed by atoms with Crippen molar-refractivity contribution in [2.24, 2.45) is 0 Å². The summed E-state index contributed by atoms with van der Waals surface area (Å²) in [6.45, 7) is 29.4. The molecule has 432 valence electrons. The van der Waals surface area contributed by atoms with Crippen LogP contribution in [0.5, 0.6) is 0 Å². The first-order valence-electron chi connectivity index (χ1n) is 29.2. The number of carbonyl (C=O) groups excluding carboxylic acids is 2. The summed E-state index contributed by atoms with van der Waals surface area (Å²) in [5.41, 5.74) is 22.7. The largest absolute Gasteiger partial charge is 0.545 e. The van der Waals surface area contributed by atoms with Gasteiger partial charge >= 0.3 is 0 Å². The molecule has 4 radical (unpaired) electrons. The number of anilines is 9. The van der Waals surface area contributed by atoms with Gasteiger partial charge < -0.3 is 51.0 Å². The molecule has 1 aromatic heterocycles. The summed E-state index contributed by atoms with van der Waals surface area (Å²) in [7, 11) is 5.00. The van der Waals surface area contributed by atoms with Gasteiger partial charge in [0.2, 0.25) is 0 Å². The van der Waals surface area contributed by atoms with Gasteiger partial charge in [-0.05, 0) is 97.3 Å². The number of nitrogens with two attached hydrogens (primary N) is 1. The number of nitrogens with zero attached hydrogens (tertiary/aromatic N) is 3. The second-order valence-electron chi connectivity index (χ2n) is 15.0. The molecule has 1 aliphatic rings. The number of aromatic nitrogens is 2. The van der Waals surface area contributed by atoms with E-state index in [4.69, 9.17) is 16.0 Å². The predicted octanol–water partition coefficient (Wildman–Crippen LogP) is 19.7. The minimum atomic E-state index is 0. The van der Waals surface area contributed by atoms with Gasteiger partial charge in [0.25, 0.3) is 0 Å². The van der Waals surface area contributed by atoms with Crippen molar-refractivity contribution in [3.63, 3.8) is 0 Å². The van der Waals surface area contributed by atoms with E-state index in [9.17, 15) is 4.79 Å². The molecule has 10 rings (SSSR count). The van der Waals surface area contributed by atoms with Crippen LogP contribution in [0.4, 0.5) is 51.2 Å². The molecule has 10 nitrogen and oxygen atoms in total. The number of fused-ring (bicyclic) bond motifs is 2. The van der Waals surface area contributed by atoms with Gasteiger partial charge in [0.05, 0.1) is 17.8 Å². The van der Waals surface area contributed by atoms with Gasteiger partial charge in [-0.1, -0.05) is 254 Å². The van der Waals surface area contributed by atoms with E-state index in [0.29, 0.717) is 0 Å². The number of benzene rings is 8. The number of para-hydroxylation sites is 8. The second kappa shape index (κ2) is 54.7. The van der Waals surface area contributed by atoms with E-state index in [0.717, 1.165) is 62.0 Å². The first kappa shape index (κ1) is 82.0. The summed E-state index contributed by atoms with van der Waals surface area (Å²) in [5, 5.41) is 12.5. The first-order valence-corrected chi connectivity index (χ1v) is 25.2. The second-order valence-corrected chi connectivity index (χ2v) is 15.0. The zero-order valence-corrected chi connectivity index (χ0v) is 63.0. The Balaban J connectivity index is -0.000000175. The third-order valence-electron chi connectivity index (χ3n) is 10.5. The van der Waals surface area contributed by atoms with E-state index < -0.39 is 0 Å². The Labute approximate surface area is 603 Å². The van der Waals surface area contributed by atoms with Gasteiger partial charge in [0, 0.05) is 171 Å². The molecule has 14 heteroatoms. The van der Waals surface area contributed by atoms with Crippen molar-refractivity contribution in [3.05, 3.63) is 229 Å². The van der Waals surface area contributed by atoms with E-state index in [1.807, 2.05) is 208 Å². The van der Waals surface area contributed by atoms with Crippen LogP contribution in [-0.2, 0) is 140 Å². The fourth-order valence-electron chi connectivity index (χ4n) is 7.07. The number of aryl methyl sites for hydroxylation is 4. The number of nitrogen functional groups attached to an aromatic ring is 1. The molecule has 82 heavy (non-hydrogen) atoms. The molecule has 0 saturated carbocycles. The number of nitrogens with one attached hydrogen (secondary N) is 4. The molecule has 1 amide bonds. The molecule has 0 atom stereocenters. The number of hydrogen-bond acceptors (Lipinski definition) is 8. The van der Waals surface area contributed by atoms with Crippen molar-refractivity contribution < 1.29 is 146 Å². The SMILES string of the molecule is CC.CC.CC.CC.Cc1cccc(Nc2ccccc2)c1N.Cc1cccc(Nc2ccccc2)c1N[C-]=O.Cc1cccc2c1N[CH-]N2c1ccccc1.Cc1cccc2c1n[c-]n2-c1ccccc1.[3H]C.[3H]C.[3H]C.[3H]C.[CH-]=O.[Y].[Y].[Y].[Y]. The van der Waals surface area contributed by atoms with Crippen LogP contribution in [0.2, 0.25) is 0 Å². The Bertz CT molecular complexity index is 2960. The third kappa shape index (κ3) is 29.1. The Morgan fingerprint density at radius 2 is 0.927 bits per heavy atom. The van der Waals surface area contributed by atoms with Gasteiger partial charge in [0.1, 0.15) is 0 Å². The summed E-state index contributed by atoms with van der Waals surface area (Å²) < 4.78 is 25.0. The van der Waals surface area contributed by atoms with Crippen molar-refractivity contribution in [3.8, 4) is 5.69 Å². The molecule has 2 heterocycles. The average molecular weight is 1420 g/mol. The Hall–Kier alpha value is -4.21. The smallest absolute Gasteiger partial charge is 0.0693 e. The van der Waals surface area contributed by atoms with Crippen LogP contribution in [0.15, 0.2) is 194 Å². The van der Waals surface area contributed by atoms with Crippen LogP contribution < -0.4 is 31.9 Å². The number of amides is 1. The van der Waals surface area contributed by atoms with E-state index >= 15 is 0 Å². The quantitative estimate of drug-likeness (QED) is 0.0440. The summed E-state index contributed by atoms with van der Waals surface area (Å²) in [6.07, 6.45) is 4.75. The molecular weight excluding hydrogens is 1320 g/mol.